The van der Waals surface area contributed by atoms with Crippen LogP contribution < -0.4 is 0 Å². The highest BCUT2D eigenvalue weighted by Gasteiger charge is 2.20. The maximum Gasteiger partial charge on any atom is 0.160 e. The molecule has 234 valence electrons. The maximum atomic E-state index is 5.08. The van der Waals surface area contributed by atoms with Crippen molar-refractivity contribution in [3.05, 3.63) is 176 Å². The molecule has 0 aliphatic rings. The van der Waals surface area contributed by atoms with Gasteiger partial charge in [-0.1, -0.05) is 146 Å². The van der Waals surface area contributed by atoms with Gasteiger partial charge in [-0.25, -0.2) is 9.97 Å². The highest BCUT2D eigenvalue weighted by molar-refractivity contribution is 7.26. The van der Waals surface area contributed by atoms with Gasteiger partial charge in [0, 0.05) is 53.3 Å². The van der Waals surface area contributed by atoms with Gasteiger partial charge in [0.25, 0.3) is 0 Å². The van der Waals surface area contributed by atoms with Gasteiger partial charge in [0.05, 0.1) is 22.4 Å². The fraction of sp³-hybridized carbons (Fsp3) is 0. The van der Waals surface area contributed by atoms with Gasteiger partial charge < -0.3 is 4.57 Å². The second-order valence-electron chi connectivity index (χ2n) is 12.6. The van der Waals surface area contributed by atoms with Gasteiger partial charge in [0.1, 0.15) is 0 Å². The molecule has 0 aliphatic heterocycles. The molecule has 0 amide bonds. The summed E-state index contributed by atoms with van der Waals surface area (Å²) in [5.41, 5.74) is 11.0. The Morgan fingerprint density at radius 2 is 1.04 bits per heavy atom. The lowest BCUT2D eigenvalue weighted by atomic mass is 10.0. The fourth-order valence-electron chi connectivity index (χ4n) is 7.30. The van der Waals surface area contributed by atoms with Gasteiger partial charge in [-0.3, -0.25) is 0 Å². The molecule has 0 N–H and O–H groups in total. The molecule has 0 aliphatic carbocycles. The summed E-state index contributed by atoms with van der Waals surface area (Å²) >= 11 is 1.88. The minimum absolute atomic E-state index is 0.718. The molecule has 0 bridgehead atoms. The number of hydrogen-bond acceptors (Lipinski definition) is 3. The summed E-state index contributed by atoms with van der Waals surface area (Å²) in [6, 6.07) is 62.4. The first kappa shape index (κ1) is 28.6. The predicted octanol–water partition coefficient (Wildman–Crippen LogP) is 12.6. The second kappa shape index (κ2) is 11.7. The Labute approximate surface area is 293 Å². The minimum Gasteiger partial charge on any atom is -0.309 e. The quantitative estimate of drug-likeness (QED) is 0.185. The van der Waals surface area contributed by atoms with E-state index in [4.69, 9.17) is 9.97 Å². The van der Waals surface area contributed by atoms with E-state index in [0.717, 1.165) is 39.6 Å². The molecule has 50 heavy (non-hydrogen) atoms. The molecular weight excluding hydrogens is 627 g/mol. The Morgan fingerprint density at radius 1 is 0.440 bits per heavy atom. The lowest BCUT2D eigenvalue weighted by Crippen LogP contribution is -1.97. The van der Waals surface area contributed by atoms with E-state index in [0.29, 0.717) is 0 Å². The molecule has 0 atom stereocenters. The van der Waals surface area contributed by atoms with Gasteiger partial charge in [0.15, 0.2) is 5.82 Å². The van der Waals surface area contributed by atoms with Crippen LogP contribution in [-0.2, 0) is 0 Å². The van der Waals surface area contributed by atoms with Crippen LogP contribution >= 0.6 is 11.3 Å². The number of para-hydroxylation sites is 1. The van der Waals surface area contributed by atoms with Crippen LogP contribution in [0.4, 0.5) is 0 Å². The number of nitrogens with zero attached hydrogens (tertiary/aromatic N) is 3. The molecule has 10 rings (SSSR count). The van der Waals surface area contributed by atoms with E-state index in [1.807, 2.05) is 35.6 Å². The van der Waals surface area contributed by atoms with Crippen LogP contribution in [-0.4, -0.2) is 14.5 Å². The van der Waals surface area contributed by atoms with Crippen LogP contribution in [0.1, 0.15) is 0 Å². The van der Waals surface area contributed by atoms with Crippen LogP contribution in [0.2, 0.25) is 0 Å². The summed E-state index contributed by atoms with van der Waals surface area (Å²) in [6.07, 6.45) is 0. The number of aromatic nitrogens is 3. The third-order valence-electron chi connectivity index (χ3n) is 9.63. The molecule has 3 nitrogen and oxygen atoms in total. The van der Waals surface area contributed by atoms with Crippen LogP contribution in [0.5, 0.6) is 0 Å². The monoisotopic (exact) mass is 655 g/mol. The molecule has 0 saturated heterocycles. The first-order valence-corrected chi connectivity index (χ1v) is 17.7. The second-order valence-corrected chi connectivity index (χ2v) is 13.6. The van der Waals surface area contributed by atoms with Gasteiger partial charge in [-0.15, -0.1) is 11.3 Å². The zero-order valence-corrected chi connectivity index (χ0v) is 27.8. The van der Waals surface area contributed by atoms with E-state index in [9.17, 15) is 0 Å². The average molecular weight is 656 g/mol. The van der Waals surface area contributed by atoms with Gasteiger partial charge in [-0.2, -0.15) is 0 Å². The van der Waals surface area contributed by atoms with Crippen molar-refractivity contribution in [3.8, 4) is 50.7 Å². The molecule has 4 heteroatoms. The number of benzene rings is 7. The molecule has 7 aromatic carbocycles. The van der Waals surface area contributed by atoms with E-state index in [1.54, 1.807) is 0 Å². The summed E-state index contributed by atoms with van der Waals surface area (Å²) < 4.78 is 5.06. The van der Waals surface area contributed by atoms with E-state index < -0.39 is 0 Å². The first-order valence-electron chi connectivity index (χ1n) is 16.8. The van der Waals surface area contributed by atoms with Crippen molar-refractivity contribution in [1.29, 1.82) is 0 Å². The molecule has 3 heterocycles. The van der Waals surface area contributed by atoms with Crippen molar-refractivity contribution in [2.75, 3.05) is 0 Å². The number of fused-ring (bicyclic) bond motifs is 7. The Bertz CT molecular complexity index is 2780. The molecule has 10 aromatic rings. The van der Waals surface area contributed by atoms with E-state index in [-0.39, 0.29) is 0 Å². The zero-order chi connectivity index (χ0) is 33.0. The SMILES string of the molecule is c1ccc(-c2cc(-c3ccc(-n4c5ccccc5c5ccc6sc7c(-c8ccccc8)cccc7c6c54)cc3)nc(-c3ccccc3)n2)cc1. The van der Waals surface area contributed by atoms with Crippen LogP contribution in [0.15, 0.2) is 176 Å². The average Bonchev–Trinajstić information content (AvgIpc) is 3.75. The van der Waals surface area contributed by atoms with E-state index in [2.05, 4.69) is 156 Å². The van der Waals surface area contributed by atoms with Crippen molar-refractivity contribution >= 4 is 53.3 Å². The van der Waals surface area contributed by atoms with Crippen molar-refractivity contribution in [2.24, 2.45) is 0 Å². The molecule has 0 spiro atoms. The lowest BCUT2D eigenvalue weighted by molar-refractivity contribution is 1.17. The molecule has 0 unspecified atom stereocenters. The molecule has 3 aromatic heterocycles. The highest BCUT2D eigenvalue weighted by atomic mass is 32.1. The van der Waals surface area contributed by atoms with Crippen LogP contribution in [0.3, 0.4) is 0 Å². The summed E-state index contributed by atoms with van der Waals surface area (Å²) in [6.45, 7) is 0. The normalized spacial score (nSPS) is 11.6. The van der Waals surface area contributed by atoms with E-state index >= 15 is 0 Å². The van der Waals surface area contributed by atoms with Crippen molar-refractivity contribution in [3.63, 3.8) is 0 Å². The fourth-order valence-corrected chi connectivity index (χ4v) is 8.54. The van der Waals surface area contributed by atoms with Gasteiger partial charge >= 0.3 is 0 Å². The smallest absolute Gasteiger partial charge is 0.160 e. The van der Waals surface area contributed by atoms with Crippen molar-refractivity contribution < 1.29 is 0 Å². The first-order chi connectivity index (χ1) is 24.8. The molecule has 0 fully saturated rings. The Balaban J connectivity index is 1.17. The molecular formula is C46H29N3S. The number of thiophene rings is 1. The van der Waals surface area contributed by atoms with Crippen molar-refractivity contribution in [1.82, 2.24) is 14.5 Å². The third kappa shape index (κ3) is 4.65. The summed E-state index contributed by atoms with van der Waals surface area (Å²) in [5, 5.41) is 5.11. The molecule has 0 saturated carbocycles. The topological polar surface area (TPSA) is 30.7 Å². The van der Waals surface area contributed by atoms with E-state index in [1.165, 1.54) is 53.1 Å². The molecule has 0 radical (unpaired) electrons. The largest absolute Gasteiger partial charge is 0.309 e. The Morgan fingerprint density at radius 3 is 1.76 bits per heavy atom. The Kier molecular flexibility index (Phi) is 6.68. The zero-order valence-electron chi connectivity index (χ0n) is 27.0. The van der Waals surface area contributed by atoms with Gasteiger partial charge in [-0.05, 0) is 41.5 Å². The Hall–Kier alpha value is -6.36. The third-order valence-corrected chi connectivity index (χ3v) is 10.8. The van der Waals surface area contributed by atoms with Gasteiger partial charge in [0.2, 0.25) is 0 Å². The number of rotatable bonds is 5. The highest BCUT2D eigenvalue weighted by Crippen LogP contribution is 2.45. The standard InChI is InChI=1S/C46H29N3S/c1-4-13-30(14-5-1)35-20-12-21-38-43-42(50-45(35)38)28-27-37-36-19-10-11-22-41(36)49(44(37)43)34-25-23-32(24-26-34)40-29-39(31-15-6-2-7-16-31)47-46(48-40)33-17-8-3-9-18-33/h1-29H. The lowest BCUT2D eigenvalue weighted by Gasteiger charge is -2.12. The predicted molar refractivity (Wildman–Crippen MR) is 211 cm³/mol. The summed E-state index contributed by atoms with van der Waals surface area (Å²) in [7, 11) is 0. The summed E-state index contributed by atoms with van der Waals surface area (Å²) in [5.74, 6) is 0.718. The maximum absolute atomic E-state index is 5.08. The summed E-state index contributed by atoms with van der Waals surface area (Å²) in [4.78, 5) is 10.1. The van der Waals surface area contributed by atoms with Crippen LogP contribution in [0.25, 0.3) is 92.7 Å². The minimum atomic E-state index is 0.718. The van der Waals surface area contributed by atoms with Crippen molar-refractivity contribution in [2.45, 2.75) is 0 Å². The number of hydrogen-bond donors (Lipinski definition) is 0. The van der Waals surface area contributed by atoms with Crippen LogP contribution in [0, 0.1) is 0 Å².